The van der Waals surface area contributed by atoms with E-state index in [-0.39, 0.29) is 19.6 Å². The molecule has 1 unspecified atom stereocenters. The zero-order valence-corrected chi connectivity index (χ0v) is 21.3. The molecule has 0 bridgehead atoms. The third-order valence-electron chi connectivity index (χ3n) is 5.07. The minimum Gasteiger partial charge on any atom is -0.494 e. The van der Waals surface area contributed by atoms with Crippen LogP contribution < -0.4 is 4.74 Å². The van der Waals surface area contributed by atoms with Crippen LogP contribution in [0.5, 0.6) is 5.75 Å². The molecule has 0 radical (unpaired) electrons. The quantitative estimate of drug-likeness (QED) is 0.166. The molecule has 0 spiro atoms. The smallest absolute Gasteiger partial charge is 0.351 e. The Kier molecular flexibility index (Phi) is 11.1. The van der Waals surface area contributed by atoms with Gasteiger partial charge in [0.05, 0.1) is 19.8 Å². The van der Waals surface area contributed by atoms with Crippen LogP contribution in [0.4, 0.5) is 0 Å². The molecular formula is C24H35O7PS. The first-order valence-electron chi connectivity index (χ1n) is 11.4. The summed E-state index contributed by atoms with van der Waals surface area (Å²) in [6.45, 7) is 6.06. The fourth-order valence-corrected chi connectivity index (χ4v) is 6.98. The lowest BCUT2D eigenvalue weighted by molar-refractivity contribution is 0.216. The predicted octanol–water partition coefficient (Wildman–Crippen LogP) is 6.68. The molecule has 2 aromatic rings. The van der Waals surface area contributed by atoms with Gasteiger partial charge in [-0.3, -0.25) is 9.12 Å². The molecule has 0 aliphatic carbocycles. The number of fused-ring (bicyclic) bond motifs is 1. The summed E-state index contributed by atoms with van der Waals surface area (Å²) in [4.78, 5) is -1.68. The van der Waals surface area contributed by atoms with Gasteiger partial charge >= 0.3 is 7.60 Å². The molecule has 184 valence electrons. The maximum absolute atomic E-state index is 12.9. The molecule has 1 atom stereocenters. The zero-order valence-electron chi connectivity index (χ0n) is 19.6. The summed E-state index contributed by atoms with van der Waals surface area (Å²) in [5.74, 6) is 0.834. The highest BCUT2D eigenvalue weighted by Crippen LogP contribution is 2.56. The normalized spacial score (nSPS) is 13.6. The van der Waals surface area contributed by atoms with Crippen molar-refractivity contribution in [3.05, 3.63) is 48.0 Å². The van der Waals surface area contributed by atoms with Gasteiger partial charge in [-0.2, -0.15) is 8.42 Å². The number of rotatable bonds is 15. The number of hydrogen-bond donors (Lipinski definition) is 1. The lowest BCUT2D eigenvalue weighted by Crippen LogP contribution is -2.22. The van der Waals surface area contributed by atoms with Crippen LogP contribution in [0.15, 0.2) is 42.5 Å². The molecule has 2 rings (SSSR count). The molecule has 0 aromatic heterocycles. The van der Waals surface area contributed by atoms with E-state index in [0.717, 1.165) is 28.5 Å². The second-order valence-electron chi connectivity index (χ2n) is 7.66. The lowest BCUT2D eigenvalue weighted by Gasteiger charge is -2.23. The lowest BCUT2D eigenvalue weighted by atomic mass is 10.1. The third kappa shape index (κ3) is 8.54. The van der Waals surface area contributed by atoms with E-state index in [4.69, 9.17) is 13.8 Å². The van der Waals surface area contributed by atoms with Crippen LogP contribution in [0, 0.1) is 0 Å². The van der Waals surface area contributed by atoms with Gasteiger partial charge in [-0.15, -0.1) is 0 Å². The molecule has 0 heterocycles. The van der Waals surface area contributed by atoms with Crippen molar-refractivity contribution in [1.82, 2.24) is 0 Å². The minimum atomic E-state index is -4.65. The summed E-state index contributed by atoms with van der Waals surface area (Å²) in [6.07, 6.45) is 7.69. The van der Waals surface area contributed by atoms with Gasteiger partial charge in [0.2, 0.25) is 0 Å². The Morgan fingerprint density at radius 1 is 0.970 bits per heavy atom. The monoisotopic (exact) mass is 498 g/mol. The van der Waals surface area contributed by atoms with Gasteiger partial charge in [0, 0.05) is 0 Å². The van der Waals surface area contributed by atoms with Crippen molar-refractivity contribution in [2.75, 3.05) is 19.8 Å². The van der Waals surface area contributed by atoms with E-state index in [9.17, 15) is 17.5 Å². The highest BCUT2D eigenvalue weighted by molar-refractivity contribution is 7.94. The Morgan fingerprint density at radius 2 is 1.64 bits per heavy atom. The van der Waals surface area contributed by atoms with E-state index in [1.165, 1.54) is 19.3 Å². The fraction of sp³-hybridized carbons (Fsp3) is 0.500. The predicted molar refractivity (Wildman–Crippen MR) is 133 cm³/mol. The number of unbranched alkanes of at least 4 members (excludes halogenated alkanes) is 3. The molecule has 0 saturated carbocycles. The van der Waals surface area contributed by atoms with E-state index in [1.54, 1.807) is 26.0 Å². The van der Waals surface area contributed by atoms with Crippen LogP contribution in [-0.4, -0.2) is 37.8 Å². The van der Waals surface area contributed by atoms with Gasteiger partial charge in [-0.1, -0.05) is 56.5 Å². The largest absolute Gasteiger partial charge is 0.494 e. The molecule has 2 aromatic carbocycles. The third-order valence-corrected chi connectivity index (χ3v) is 9.67. The van der Waals surface area contributed by atoms with Crippen LogP contribution in [0.3, 0.4) is 0 Å². The Morgan fingerprint density at radius 3 is 2.27 bits per heavy atom. The summed E-state index contributed by atoms with van der Waals surface area (Å²) in [5.41, 5.74) is 0.840. The highest BCUT2D eigenvalue weighted by Gasteiger charge is 2.43. The Bertz CT molecular complexity index is 1060. The van der Waals surface area contributed by atoms with Crippen LogP contribution in [-0.2, 0) is 23.7 Å². The van der Waals surface area contributed by atoms with Gasteiger partial charge in [0.1, 0.15) is 5.75 Å². The number of hydrogen-bond acceptors (Lipinski definition) is 6. The van der Waals surface area contributed by atoms with Gasteiger partial charge in [-0.05, 0) is 61.2 Å². The Hall–Kier alpha value is -1.70. The summed E-state index contributed by atoms with van der Waals surface area (Å²) in [5, 5.41) is 2.04. The standard InChI is InChI=1S/C24H35O7PS/c1-4-7-8-9-17-29-23-16-15-21-18-20(13-14-22(21)19-23)11-10-12-24(33(26,27)28)32(25,30-5-2)31-6-3/h10-11,13-16,18-19,24H,4-9,12,17H2,1-3H3,(H,26,27,28). The van der Waals surface area contributed by atoms with Crippen molar-refractivity contribution in [2.45, 2.75) is 57.9 Å². The SMILES string of the molecule is CCCCCCOc1ccc2cc(C=CCC(P(=O)(OCC)OCC)S(=O)(=O)O)ccc2c1. The molecule has 33 heavy (non-hydrogen) atoms. The van der Waals surface area contributed by atoms with Gasteiger partial charge in [0.15, 0.2) is 4.99 Å². The van der Waals surface area contributed by atoms with Crippen molar-refractivity contribution >= 4 is 34.6 Å². The summed E-state index contributed by atoms with van der Waals surface area (Å²) >= 11 is 0. The summed E-state index contributed by atoms with van der Waals surface area (Å²) in [6, 6.07) is 11.7. The van der Waals surface area contributed by atoms with Crippen molar-refractivity contribution in [1.29, 1.82) is 0 Å². The Labute approximate surface area is 197 Å². The molecule has 7 nitrogen and oxygen atoms in total. The zero-order chi connectivity index (χ0) is 24.3. The molecule has 0 saturated heterocycles. The van der Waals surface area contributed by atoms with Crippen molar-refractivity contribution in [2.24, 2.45) is 0 Å². The topological polar surface area (TPSA) is 99.1 Å². The molecule has 0 amide bonds. The second-order valence-corrected chi connectivity index (χ2v) is 11.8. The van der Waals surface area contributed by atoms with Gasteiger partial charge in [-0.25, -0.2) is 0 Å². The van der Waals surface area contributed by atoms with E-state index in [0.29, 0.717) is 6.61 Å². The van der Waals surface area contributed by atoms with Gasteiger partial charge < -0.3 is 13.8 Å². The van der Waals surface area contributed by atoms with E-state index in [1.807, 2.05) is 36.4 Å². The van der Waals surface area contributed by atoms with Crippen molar-refractivity contribution in [3.63, 3.8) is 0 Å². The molecule has 0 fully saturated rings. The molecule has 0 aliphatic heterocycles. The first kappa shape index (κ1) is 27.5. The van der Waals surface area contributed by atoms with Crippen LogP contribution in [0.1, 0.15) is 58.4 Å². The summed E-state index contributed by atoms with van der Waals surface area (Å²) in [7, 11) is -8.69. The Balaban J connectivity index is 2.11. The first-order chi connectivity index (χ1) is 15.7. The van der Waals surface area contributed by atoms with Gasteiger partial charge in [0.25, 0.3) is 10.1 Å². The van der Waals surface area contributed by atoms with Crippen LogP contribution in [0.25, 0.3) is 16.8 Å². The average molecular weight is 499 g/mol. The molecule has 9 heteroatoms. The highest BCUT2D eigenvalue weighted by atomic mass is 32.2. The maximum atomic E-state index is 12.9. The minimum absolute atomic E-state index is 0.00211. The molecular weight excluding hydrogens is 463 g/mol. The first-order valence-corrected chi connectivity index (χ1v) is 14.5. The average Bonchev–Trinajstić information content (AvgIpc) is 2.76. The van der Waals surface area contributed by atoms with E-state index in [2.05, 4.69) is 6.92 Å². The van der Waals surface area contributed by atoms with Crippen LogP contribution >= 0.6 is 7.60 Å². The second kappa shape index (κ2) is 13.3. The fourth-order valence-electron chi connectivity index (χ4n) is 3.45. The van der Waals surface area contributed by atoms with E-state index < -0.39 is 22.7 Å². The molecule has 1 N–H and O–H groups in total. The van der Waals surface area contributed by atoms with Crippen LogP contribution in [0.2, 0.25) is 0 Å². The molecule has 0 aliphatic rings. The summed E-state index contributed by atoms with van der Waals surface area (Å²) < 4.78 is 62.4. The maximum Gasteiger partial charge on any atom is 0.351 e. The van der Waals surface area contributed by atoms with Crippen molar-refractivity contribution < 1.29 is 31.3 Å². The number of ether oxygens (including phenoxy) is 1. The van der Waals surface area contributed by atoms with E-state index >= 15 is 0 Å². The number of benzene rings is 2. The number of allylic oxidation sites excluding steroid dienone is 1. The van der Waals surface area contributed by atoms with Crippen molar-refractivity contribution in [3.8, 4) is 5.75 Å².